The summed E-state index contributed by atoms with van der Waals surface area (Å²) in [5.74, 6) is -0.118. The molecule has 1 fully saturated rings. The van der Waals surface area contributed by atoms with Crippen LogP contribution in [0.5, 0.6) is 0 Å². The fourth-order valence-corrected chi connectivity index (χ4v) is 0.966. The third kappa shape index (κ3) is 1.09. The van der Waals surface area contributed by atoms with Gasteiger partial charge in [-0.05, 0) is 12.8 Å². The first-order valence-electron chi connectivity index (χ1n) is 2.68. The number of ether oxygens (including phenoxy) is 1. The molecule has 1 heterocycles. The second-order valence-corrected chi connectivity index (χ2v) is 2.56. The van der Waals surface area contributed by atoms with Gasteiger partial charge in [0.05, 0.1) is 6.61 Å². The van der Waals surface area contributed by atoms with E-state index >= 15 is 0 Å². The first-order valence-corrected chi connectivity index (χ1v) is 3.26. The molecule has 1 aliphatic heterocycles. The van der Waals surface area contributed by atoms with Gasteiger partial charge < -0.3 is 4.74 Å². The molecule has 0 aromatic heterocycles. The van der Waals surface area contributed by atoms with E-state index in [0.29, 0.717) is 6.61 Å². The third-order valence-corrected chi connectivity index (χ3v) is 1.69. The molecule has 2 nitrogen and oxygen atoms in total. The summed E-state index contributed by atoms with van der Waals surface area (Å²) in [5, 5.41) is 0. The molecule has 1 saturated heterocycles. The van der Waals surface area contributed by atoms with Crippen molar-refractivity contribution in [1.82, 2.24) is 0 Å². The topological polar surface area (TPSA) is 26.3 Å². The van der Waals surface area contributed by atoms with Gasteiger partial charge in [-0.1, -0.05) is 0 Å². The van der Waals surface area contributed by atoms with Crippen LogP contribution in [0.25, 0.3) is 0 Å². The van der Waals surface area contributed by atoms with Gasteiger partial charge in [-0.3, -0.25) is 4.79 Å². The molecular weight excluding hydrogens is 120 g/mol. The number of carbonyl (C=O) groups is 1. The summed E-state index contributed by atoms with van der Waals surface area (Å²) < 4.78 is 4.70. The van der Waals surface area contributed by atoms with Crippen molar-refractivity contribution in [1.29, 1.82) is 0 Å². The monoisotopic (exact) mass is 127 g/mol. The van der Waals surface area contributed by atoms with Crippen molar-refractivity contribution in [2.75, 3.05) is 6.61 Å². The summed E-state index contributed by atoms with van der Waals surface area (Å²) in [6.07, 6.45) is 1.90. The van der Waals surface area contributed by atoms with Gasteiger partial charge in [0, 0.05) is 15.8 Å². The lowest BCUT2D eigenvalue weighted by molar-refractivity contribution is -0.146. The molecule has 0 N–H and O–H groups in total. The van der Waals surface area contributed by atoms with Gasteiger partial charge in [0.25, 0.3) is 0 Å². The molecule has 1 unspecified atom stereocenters. The lowest BCUT2D eigenvalue weighted by Gasteiger charge is -2.15. The van der Waals surface area contributed by atoms with Crippen molar-refractivity contribution in [3.05, 3.63) is 0 Å². The summed E-state index contributed by atoms with van der Waals surface area (Å²) in [6.45, 7) is 0.597. The minimum atomic E-state index is -0.118. The van der Waals surface area contributed by atoms with Gasteiger partial charge in [0.2, 0.25) is 0 Å². The molecule has 0 amide bonds. The van der Waals surface area contributed by atoms with Crippen LogP contribution in [0, 0.1) is 0 Å². The van der Waals surface area contributed by atoms with Gasteiger partial charge in [-0.25, -0.2) is 0 Å². The first kappa shape index (κ1) is 5.82. The maximum Gasteiger partial charge on any atom is 0.305 e. The highest BCUT2D eigenvalue weighted by molar-refractivity contribution is 6.22. The van der Waals surface area contributed by atoms with Crippen LogP contribution >= 0.6 is 0 Å². The van der Waals surface area contributed by atoms with Crippen LogP contribution in [-0.2, 0) is 9.53 Å². The first-order chi connectivity index (χ1) is 3.80. The Morgan fingerprint density at radius 1 is 1.75 bits per heavy atom. The second kappa shape index (κ2) is 2.30. The van der Waals surface area contributed by atoms with Crippen LogP contribution in [0.4, 0.5) is 0 Å². The summed E-state index contributed by atoms with van der Waals surface area (Å²) in [4.78, 5) is 10.5. The molecule has 0 aromatic carbocycles. The molecule has 0 spiro atoms. The molecule has 3 radical (unpaired) electrons. The Bertz CT molecular complexity index is 103. The Labute approximate surface area is 51.6 Å². The molecule has 0 aliphatic carbocycles. The van der Waals surface area contributed by atoms with Gasteiger partial charge >= 0.3 is 5.97 Å². The van der Waals surface area contributed by atoms with Crippen LogP contribution in [0.1, 0.15) is 12.8 Å². The smallest absolute Gasteiger partial charge is 0.305 e. The average Bonchev–Trinajstić information content (AvgIpc) is 1.77. The van der Waals surface area contributed by atoms with Gasteiger partial charge in [0.1, 0.15) is 0 Å². The van der Waals surface area contributed by atoms with Crippen molar-refractivity contribution in [3.8, 4) is 0 Å². The minimum absolute atomic E-state index is 0.0521. The third-order valence-electron chi connectivity index (χ3n) is 1.17. The molecule has 0 bridgehead atoms. The summed E-state index contributed by atoms with van der Waals surface area (Å²) in [7, 11) is 3.23. The molecule has 0 saturated carbocycles. The molecule has 1 aliphatic rings. The lowest BCUT2D eigenvalue weighted by Crippen LogP contribution is -2.19. The zero-order valence-corrected chi connectivity index (χ0v) is 5.52. The van der Waals surface area contributed by atoms with Crippen molar-refractivity contribution in [2.45, 2.75) is 18.4 Å². The van der Waals surface area contributed by atoms with Crippen molar-refractivity contribution in [3.63, 3.8) is 0 Å². The predicted molar refractivity (Wildman–Crippen MR) is 29.7 cm³/mol. The Kier molecular flexibility index (Phi) is 1.68. The van der Waals surface area contributed by atoms with Crippen molar-refractivity contribution >= 4 is 16.2 Å². The standard InChI is InChI=1S/C5H7O2Si/c6-5-4(8)2-1-3-7-5/h4H,1-3H2. The van der Waals surface area contributed by atoms with E-state index in [9.17, 15) is 4.79 Å². The molecule has 0 aromatic rings. The highest BCUT2D eigenvalue weighted by Gasteiger charge is 2.17. The number of rotatable bonds is 0. The number of carbonyl (C=O) groups excluding carboxylic acids is 1. The molecule has 1 rings (SSSR count). The van der Waals surface area contributed by atoms with E-state index < -0.39 is 0 Å². The maximum atomic E-state index is 10.5. The van der Waals surface area contributed by atoms with E-state index in [2.05, 4.69) is 10.2 Å². The number of hydrogen-bond donors (Lipinski definition) is 0. The highest BCUT2D eigenvalue weighted by Crippen LogP contribution is 2.15. The normalized spacial score (nSPS) is 29.6. The summed E-state index contributed by atoms with van der Waals surface area (Å²) >= 11 is 0. The fourth-order valence-electron chi connectivity index (χ4n) is 0.679. The van der Waals surface area contributed by atoms with Crippen molar-refractivity contribution < 1.29 is 9.53 Å². The van der Waals surface area contributed by atoms with Crippen LogP contribution in [0.2, 0.25) is 5.54 Å². The van der Waals surface area contributed by atoms with E-state index in [1.165, 1.54) is 0 Å². The van der Waals surface area contributed by atoms with Crippen LogP contribution < -0.4 is 0 Å². The van der Waals surface area contributed by atoms with Crippen LogP contribution in [0.3, 0.4) is 0 Å². The van der Waals surface area contributed by atoms with Gasteiger partial charge in [-0.15, -0.1) is 0 Å². The zero-order chi connectivity index (χ0) is 5.98. The molecule has 43 valence electrons. The number of esters is 1. The van der Waals surface area contributed by atoms with Crippen molar-refractivity contribution in [2.24, 2.45) is 0 Å². The molecule has 1 atom stereocenters. The highest BCUT2D eigenvalue weighted by atomic mass is 28.1. The van der Waals surface area contributed by atoms with E-state index in [0.717, 1.165) is 12.8 Å². The van der Waals surface area contributed by atoms with Crippen LogP contribution in [0.15, 0.2) is 0 Å². The summed E-state index contributed by atoms with van der Waals surface area (Å²) in [6, 6.07) is 0. The van der Waals surface area contributed by atoms with E-state index in [-0.39, 0.29) is 11.5 Å². The lowest BCUT2D eigenvalue weighted by atomic mass is 10.2. The number of cyclic esters (lactones) is 1. The minimum Gasteiger partial charge on any atom is -0.466 e. The SMILES string of the molecule is O=C1OCCCC1[Si]. The van der Waals surface area contributed by atoms with Crippen LogP contribution in [-0.4, -0.2) is 22.8 Å². The number of hydrogen-bond acceptors (Lipinski definition) is 2. The molecular formula is C5H7O2Si. The zero-order valence-electron chi connectivity index (χ0n) is 4.52. The molecule has 8 heavy (non-hydrogen) atoms. The Morgan fingerprint density at radius 3 is 2.88 bits per heavy atom. The largest absolute Gasteiger partial charge is 0.466 e. The Morgan fingerprint density at radius 2 is 2.50 bits per heavy atom. The second-order valence-electron chi connectivity index (χ2n) is 1.86. The van der Waals surface area contributed by atoms with E-state index in [4.69, 9.17) is 4.74 Å². The Balaban J connectivity index is 2.39. The van der Waals surface area contributed by atoms with Gasteiger partial charge in [-0.2, -0.15) is 0 Å². The maximum absolute atomic E-state index is 10.5. The average molecular weight is 127 g/mol. The van der Waals surface area contributed by atoms with E-state index in [1.807, 2.05) is 0 Å². The Hall–Kier alpha value is -0.313. The van der Waals surface area contributed by atoms with E-state index in [1.54, 1.807) is 0 Å². The quantitative estimate of drug-likeness (QED) is 0.345. The fraction of sp³-hybridized carbons (Fsp3) is 0.800. The molecule has 3 heteroatoms. The summed E-state index contributed by atoms with van der Waals surface area (Å²) in [5.41, 5.74) is -0.0521. The predicted octanol–water partition coefficient (Wildman–Crippen LogP) is 0.280. The van der Waals surface area contributed by atoms with Gasteiger partial charge in [0.15, 0.2) is 0 Å².